The Kier molecular flexibility index (Phi) is 13.2. The predicted octanol–water partition coefficient (Wildman–Crippen LogP) is 2.58. The van der Waals surface area contributed by atoms with E-state index < -0.39 is 0 Å². The monoisotopic (exact) mass is 421 g/mol. The Morgan fingerprint density at radius 3 is 2.55 bits per heavy atom. The molecule has 0 heterocycles. The maximum Gasteiger partial charge on any atom is 0.191 e. The lowest BCUT2D eigenvalue weighted by Crippen LogP contribution is -2.40. The summed E-state index contributed by atoms with van der Waals surface area (Å²) >= 11 is 0. The van der Waals surface area contributed by atoms with Crippen molar-refractivity contribution < 1.29 is 9.47 Å². The average molecular weight is 421 g/mol. The molecule has 0 saturated heterocycles. The summed E-state index contributed by atoms with van der Waals surface area (Å²) < 4.78 is 10.8. The molecule has 1 atom stereocenters. The Balaban J connectivity index is 0.00000441. The lowest BCUT2D eigenvalue weighted by molar-refractivity contribution is 0.106. The number of nitrogens with zero attached hydrogens (tertiary/aromatic N) is 1. The van der Waals surface area contributed by atoms with E-state index in [1.54, 1.807) is 14.2 Å². The molecule has 2 N–H and O–H groups in total. The Bertz CT molecular complexity index is 402. The first-order valence-electron chi connectivity index (χ1n) is 7.41. The number of hydrogen-bond acceptors (Lipinski definition) is 3. The highest BCUT2D eigenvalue weighted by molar-refractivity contribution is 14.0. The van der Waals surface area contributed by atoms with Crippen molar-refractivity contribution in [1.82, 2.24) is 10.6 Å². The minimum atomic E-state index is 0. The van der Waals surface area contributed by atoms with Crippen LogP contribution in [0.5, 0.6) is 0 Å². The van der Waals surface area contributed by atoms with Gasteiger partial charge in [-0.2, -0.15) is 0 Å². The van der Waals surface area contributed by atoms with Gasteiger partial charge >= 0.3 is 0 Å². The van der Waals surface area contributed by atoms with Crippen molar-refractivity contribution in [2.24, 2.45) is 4.99 Å². The van der Waals surface area contributed by atoms with Crippen LogP contribution in [-0.2, 0) is 9.47 Å². The first-order valence-corrected chi connectivity index (χ1v) is 7.41. The molecule has 0 fully saturated rings. The second-order valence-electron chi connectivity index (χ2n) is 4.57. The van der Waals surface area contributed by atoms with Crippen LogP contribution in [0, 0.1) is 0 Å². The number of nitrogens with one attached hydrogen (secondary N) is 2. The summed E-state index contributed by atoms with van der Waals surface area (Å²) in [6, 6.07) is 10.2. The van der Waals surface area contributed by atoms with Crippen molar-refractivity contribution >= 4 is 29.9 Å². The Morgan fingerprint density at radius 1 is 1.23 bits per heavy atom. The second kappa shape index (κ2) is 13.8. The van der Waals surface area contributed by atoms with Gasteiger partial charge in [0.1, 0.15) is 0 Å². The number of methoxy groups -OCH3 is 1. The fourth-order valence-electron chi connectivity index (χ4n) is 1.94. The quantitative estimate of drug-likeness (QED) is 0.279. The number of benzene rings is 1. The minimum Gasteiger partial charge on any atom is -0.382 e. The number of ether oxygens (including phenoxy) is 2. The zero-order chi connectivity index (χ0) is 15.3. The molecule has 1 unspecified atom stereocenters. The fraction of sp³-hybridized carbons (Fsp3) is 0.562. The first kappa shape index (κ1) is 21.1. The first-order chi connectivity index (χ1) is 10.3. The van der Waals surface area contributed by atoms with Gasteiger partial charge in [0.25, 0.3) is 0 Å². The van der Waals surface area contributed by atoms with Gasteiger partial charge in [-0.3, -0.25) is 4.99 Å². The number of rotatable bonds is 9. The summed E-state index contributed by atoms with van der Waals surface area (Å²) in [6.45, 7) is 5.04. The van der Waals surface area contributed by atoms with Crippen LogP contribution in [0.2, 0.25) is 0 Å². The van der Waals surface area contributed by atoms with Crippen LogP contribution in [0.1, 0.15) is 25.0 Å². The highest BCUT2D eigenvalue weighted by Gasteiger charge is 2.10. The Labute approximate surface area is 150 Å². The van der Waals surface area contributed by atoms with E-state index in [1.807, 2.05) is 25.1 Å². The number of aliphatic imine (C=N–C) groups is 1. The molecule has 0 bridgehead atoms. The topological polar surface area (TPSA) is 54.9 Å². The summed E-state index contributed by atoms with van der Waals surface area (Å²) in [4.78, 5) is 4.20. The molecule has 1 rings (SSSR count). The second-order valence-corrected chi connectivity index (χ2v) is 4.57. The van der Waals surface area contributed by atoms with Crippen molar-refractivity contribution in [1.29, 1.82) is 0 Å². The third kappa shape index (κ3) is 8.55. The molecule has 22 heavy (non-hydrogen) atoms. The third-order valence-electron chi connectivity index (χ3n) is 3.10. The van der Waals surface area contributed by atoms with Crippen LogP contribution in [0.15, 0.2) is 35.3 Å². The van der Waals surface area contributed by atoms with Crippen molar-refractivity contribution in [2.45, 2.75) is 19.4 Å². The van der Waals surface area contributed by atoms with Crippen LogP contribution in [-0.4, -0.2) is 46.4 Å². The van der Waals surface area contributed by atoms with Crippen molar-refractivity contribution in [3.8, 4) is 0 Å². The Hall–Kier alpha value is -0.860. The lowest BCUT2D eigenvalue weighted by Gasteiger charge is -2.18. The maximum atomic E-state index is 5.52. The summed E-state index contributed by atoms with van der Waals surface area (Å²) in [7, 11) is 3.49. The molecule has 1 aromatic carbocycles. The molecular formula is C16H28IN3O2. The summed E-state index contributed by atoms with van der Waals surface area (Å²) in [5.41, 5.74) is 1.15. The molecule has 0 spiro atoms. The molecule has 126 valence electrons. The molecule has 0 aliphatic rings. The molecule has 0 aliphatic heterocycles. The SMILES string of the molecule is CCOCCCNC(=NC)NCC(OC)c1ccccc1.I. The minimum absolute atomic E-state index is 0. The molecule has 0 aromatic heterocycles. The maximum absolute atomic E-state index is 5.52. The molecule has 0 saturated carbocycles. The zero-order valence-electron chi connectivity index (χ0n) is 13.7. The van der Waals surface area contributed by atoms with Gasteiger partial charge in [-0.15, -0.1) is 24.0 Å². The predicted molar refractivity (Wildman–Crippen MR) is 102 cm³/mol. The standard InChI is InChI=1S/C16H27N3O2.HI/c1-4-21-12-8-11-18-16(17-2)19-13-15(20-3)14-9-6-5-7-10-14;/h5-7,9-10,15H,4,8,11-13H2,1-3H3,(H2,17,18,19);1H. The van der Waals surface area contributed by atoms with Gasteiger partial charge in [0.15, 0.2) is 5.96 Å². The molecule has 5 nitrogen and oxygen atoms in total. The van der Waals surface area contributed by atoms with Crippen molar-refractivity contribution in [3.63, 3.8) is 0 Å². The van der Waals surface area contributed by atoms with Crippen molar-refractivity contribution in [3.05, 3.63) is 35.9 Å². The highest BCUT2D eigenvalue weighted by atomic mass is 127. The number of hydrogen-bond donors (Lipinski definition) is 2. The van der Waals surface area contributed by atoms with E-state index in [-0.39, 0.29) is 30.1 Å². The highest BCUT2D eigenvalue weighted by Crippen LogP contribution is 2.14. The van der Waals surface area contributed by atoms with Gasteiger partial charge in [0.05, 0.1) is 6.10 Å². The van der Waals surface area contributed by atoms with Gasteiger partial charge in [-0.25, -0.2) is 0 Å². The molecule has 0 radical (unpaired) electrons. The van der Waals surface area contributed by atoms with E-state index in [2.05, 4.69) is 27.8 Å². The van der Waals surface area contributed by atoms with Gasteiger partial charge < -0.3 is 20.1 Å². The van der Waals surface area contributed by atoms with E-state index in [0.717, 1.165) is 37.7 Å². The van der Waals surface area contributed by atoms with Crippen molar-refractivity contribution in [2.75, 3.05) is 40.5 Å². The van der Waals surface area contributed by atoms with Gasteiger partial charge in [-0.1, -0.05) is 30.3 Å². The average Bonchev–Trinajstić information content (AvgIpc) is 2.54. The van der Waals surface area contributed by atoms with Crippen LogP contribution < -0.4 is 10.6 Å². The molecule has 0 amide bonds. The molecular weight excluding hydrogens is 393 g/mol. The van der Waals surface area contributed by atoms with Gasteiger partial charge in [0, 0.05) is 40.5 Å². The van der Waals surface area contributed by atoms with E-state index in [0.29, 0.717) is 6.54 Å². The third-order valence-corrected chi connectivity index (χ3v) is 3.10. The number of halogens is 1. The fourth-order valence-corrected chi connectivity index (χ4v) is 1.94. The molecule has 1 aromatic rings. The largest absolute Gasteiger partial charge is 0.382 e. The van der Waals surface area contributed by atoms with E-state index in [4.69, 9.17) is 9.47 Å². The Morgan fingerprint density at radius 2 is 1.95 bits per heavy atom. The smallest absolute Gasteiger partial charge is 0.191 e. The number of guanidine groups is 1. The van der Waals surface area contributed by atoms with Crippen LogP contribution in [0.3, 0.4) is 0 Å². The zero-order valence-corrected chi connectivity index (χ0v) is 16.0. The molecule has 6 heteroatoms. The normalized spacial score (nSPS) is 12.4. The van der Waals surface area contributed by atoms with E-state index in [9.17, 15) is 0 Å². The summed E-state index contributed by atoms with van der Waals surface area (Å²) in [5.74, 6) is 0.782. The van der Waals surface area contributed by atoms with E-state index >= 15 is 0 Å². The van der Waals surface area contributed by atoms with Gasteiger partial charge in [-0.05, 0) is 18.9 Å². The lowest BCUT2D eigenvalue weighted by atomic mass is 10.1. The summed E-state index contributed by atoms with van der Waals surface area (Å²) in [6.07, 6.45) is 0.967. The summed E-state index contributed by atoms with van der Waals surface area (Å²) in [5, 5.41) is 6.55. The van der Waals surface area contributed by atoms with E-state index in [1.165, 1.54) is 0 Å². The van der Waals surface area contributed by atoms with Crippen LogP contribution >= 0.6 is 24.0 Å². The molecule has 0 aliphatic carbocycles. The van der Waals surface area contributed by atoms with Gasteiger partial charge in [0.2, 0.25) is 0 Å². The van der Waals surface area contributed by atoms with Crippen LogP contribution in [0.4, 0.5) is 0 Å². The van der Waals surface area contributed by atoms with Crippen LogP contribution in [0.25, 0.3) is 0 Å².